The molecule has 1 amide bonds. The van der Waals surface area contributed by atoms with Crippen molar-refractivity contribution in [3.05, 3.63) is 58.9 Å². The predicted molar refractivity (Wildman–Crippen MR) is 123 cm³/mol. The molecular weight excluding hydrogens is 411 g/mol. The number of anilines is 1. The molecule has 1 aliphatic carbocycles. The molecule has 166 valence electrons. The normalized spacial score (nSPS) is 18.8. The molecule has 0 bridgehead atoms. The maximum Gasteiger partial charge on any atom is 0.258 e. The minimum absolute atomic E-state index is 0.00866. The van der Waals surface area contributed by atoms with E-state index in [2.05, 4.69) is 17.7 Å². The van der Waals surface area contributed by atoms with Gasteiger partial charge in [0.15, 0.2) is 0 Å². The minimum atomic E-state index is -1.75. The first-order valence-electron chi connectivity index (χ1n) is 11.0. The first-order chi connectivity index (χ1) is 14.6. The minimum Gasteiger partial charge on any atom is -0.307 e. The number of nitrogens with zero attached hydrogens (tertiary/aromatic N) is 1. The van der Waals surface area contributed by atoms with Gasteiger partial charge >= 0.3 is 0 Å². The summed E-state index contributed by atoms with van der Waals surface area (Å²) in [5.41, 5.74) is 3.34. The first kappa shape index (κ1) is 22.2. The van der Waals surface area contributed by atoms with Gasteiger partial charge < -0.3 is 4.90 Å². The van der Waals surface area contributed by atoms with Crippen LogP contribution in [0.25, 0.3) is 0 Å². The van der Waals surface area contributed by atoms with Crippen LogP contribution in [0.15, 0.2) is 41.3 Å². The fourth-order valence-electron chi connectivity index (χ4n) is 4.89. The van der Waals surface area contributed by atoms with Crippen LogP contribution >= 0.6 is 0 Å². The van der Waals surface area contributed by atoms with Gasteiger partial charge in [-0.1, -0.05) is 37.0 Å². The third kappa shape index (κ3) is 4.33. The molecule has 0 saturated heterocycles. The summed E-state index contributed by atoms with van der Waals surface area (Å²) in [5, 5.41) is 0. The lowest BCUT2D eigenvalue weighted by Crippen LogP contribution is -2.39. The average molecular weight is 443 g/mol. The van der Waals surface area contributed by atoms with Gasteiger partial charge in [0.1, 0.15) is 16.8 Å². The van der Waals surface area contributed by atoms with E-state index in [1.54, 1.807) is 0 Å². The van der Waals surface area contributed by atoms with Crippen LogP contribution in [0.5, 0.6) is 0 Å². The van der Waals surface area contributed by atoms with Crippen molar-refractivity contribution in [3.8, 4) is 0 Å². The van der Waals surface area contributed by atoms with Gasteiger partial charge in [0.2, 0.25) is 0 Å². The van der Waals surface area contributed by atoms with Crippen molar-refractivity contribution in [1.82, 2.24) is 4.72 Å². The lowest BCUT2D eigenvalue weighted by atomic mass is 9.70. The second kappa shape index (κ2) is 8.14. The Hall–Kier alpha value is -2.05. The van der Waals surface area contributed by atoms with E-state index in [0.29, 0.717) is 12.1 Å². The Kier molecular flexibility index (Phi) is 5.81. The molecule has 6 heteroatoms. The zero-order valence-electron chi connectivity index (χ0n) is 18.8. The summed E-state index contributed by atoms with van der Waals surface area (Å²) in [6.07, 6.45) is 5.76. The number of carbonyl (C=O) groups is 1. The highest BCUT2D eigenvalue weighted by molar-refractivity contribution is 7.83. The van der Waals surface area contributed by atoms with Crippen molar-refractivity contribution in [1.29, 1.82) is 0 Å². The molecule has 1 fully saturated rings. The van der Waals surface area contributed by atoms with E-state index in [9.17, 15) is 13.4 Å². The summed E-state index contributed by atoms with van der Waals surface area (Å²) in [6, 6.07) is 10.5. The summed E-state index contributed by atoms with van der Waals surface area (Å²) in [4.78, 5) is 15.4. The molecule has 2 aliphatic rings. The zero-order valence-corrected chi connectivity index (χ0v) is 19.6. The number of hydrogen-bond acceptors (Lipinski definition) is 2. The molecule has 0 aromatic heterocycles. The molecular formula is C25H31FN2O2S. The van der Waals surface area contributed by atoms with Crippen LogP contribution in [0.2, 0.25) is 0 Å². The maximum atomic E-state index is 14.4. The highest BCUT2D eigenvalue weighted by Crippen LogP contribution is 2.49. The summed E-state index contributed by atoms with van der Waals surface area (Å²) >= 11 is 0. The van der Waals surface area contributed by atoms with Gasteiger partial charge in [-0.3, -0.25) is 4.79 Å². The molecule has 4 rings (SSSR count). The summed E-state index contributed by atoms with van der Waals surface area (Å²) in [6.45, 7) is 8.34. The number of fused-ring (bicyclic) bond motifs is 2. The predicted octanol–water partition coefficient (Wildman–Crippen LogP) is 5.41. The summed E-state index contributed by atoms with van der Waals surface area (Å²) in [5.74, 6) is -0.741. The fourth-order valence-corrected chi connectivity index (χ4v) is 6.03. The zero-order chi connectivity index (χ0) is 22.4. The standard InChI is InChI=1S/C25H31FN2O2S/c1-17-8-11-21-19(14-17)25(12-6-5-7-13-25)16-28(21)23(29)18-9-10-20(26)22(15-18)31(30)27-24(2,3)4/h8-11,14-15,27H,5-7,12-13,16H2,1-4H3. The van der Waals surface area contributed by atoms with Crippen LogP contribution in [0.3, 0.4) is 0 Å². The number of rotatable bonds is 3. The number of nitrogens with one attached hydrogen (secondary N) is 1. The van der Waals surface area contributed by atoms with Gasteiger partial charge in [-0.2, -0.15) is 0 Å². The molecule has 1 unspecified atom stereocenters. The molecule has 2 aromatic rings. The van der Waals surface area contributed by atoms with Crippen LogP contribution in [0, 0.1) is 12.7 Å². The Morgan fingerprint density at radius 1 is 1.10 bits per heavy atom. The Morgan fingerprint density at radius 2 is 1.81 bits per heavy atom. The summed E-state index contributed by atoms with van der Waals surface area (Å²) in [7, 11) is -1.75. The number of carbonyl (C=O) groups excluding carboxylic acids is 1. The lowest BCUT2D eigenvalue weighted by molar-refractivity contribution is 0.0982. The lowest BCUT2D eigenvalue weighted by Gasteiger charge is -2.34. The molecule has 1 saturated carbocycles. The Balaban J connectivity index is 1.69. The molecule has 1 heterocycles. The van der Waals surface area contributed by atoms with Gasteiger partial charge in [-0.25, -0.2) is 13.3 Å². The third-order valence-electron chi connectivity index (χ3n) is 6.31. The molecule has 1 spiro atoms. The number of hydrogen-bond donors (Lipinski definition) is 1. The average Bonchev–Trinajstić information content (AvgIpc) is 3.00. The Morgan fingerprint density at radius 3 is 2.48 bits per heavy atom. The van der Waals surface area contributed by atoms with Gasteiger partial charge in [0.25, 0.3) is 5.91 Å². The highest BCUT2D eigenvalue weighted by Gasteiger charge is 2.45. The van der Waals surface area contributed by atoms with Crippen molar-refractivity contribution in [2.24, 2.45) is 0 Å². The quantitative estimate of drug-likeness (QED) is 0.691. The number of benzene rings is 2. The first-order valence-corrected chi connectivity index (χ1v) is 12.2. The fraction of sp³-hybridized carbons (Fsp3) is 0.480. The van der Waals surface area contributed by atoms with E-state index in [4.69, 9.17) is 0 Å². The highest BCUT2D eigenvalue weighted by atomic mass is 32.2. The van der Waals surface area contributed by atoms with Crippen LogP contribution in [0.1, 0.15) is 74.4 Å². The molecule has 31 heavy (non-hydrogen) atoms. The van der Waals surface area contributed by atoms with E-state index in [1.807, 2.05) is 37.8 Å². The number of aryl methyl sites for hydroxylation is 1. The van der Waals surface area contributed by atoms with Gasteiger partial charge in [-0.15, -0.1) is 0 Å². The topological polar surface area (TPSA) is 49.4 Å². The third-order valence-corrected chi connectivity index (χ3v) is 7.82. The van der Waals surface area contributed by atoms with Gasteiger partial charge in [0, 0.05) is 28.7 Å². The maximum absolute atomic E-state index is 14.4. The molecule has 2 aromatic carbocycles. The van der Waals surface area contributed by atoms with Crippen molar-refractivity contribution < 1.29 is 13.4 Å². The van der Waals surface area contributed by atoms with E-state index in [0.717, 1.165) is 18.5 Å². The molecule has 1 aliphatic heterocycles. The van der Waals surface area contributed by atoms with Crippen molar-refractivity contribution in [2.45, 2.75) is 75.6 Å². The van der Waals surface area contributed by atoms with E-state index in [1.165, 1.54) is 48.6 Å². The largest absolute Gasteiger partial charge is 0.307 e. The van der Waals surface area contributed by atoms with Crippen LogP contribution in [-0.2, 0) is 16.4 Å². The molecule has 0 radical (unpaired) electrons. The van der Waals surface area contributed by atoms with Crippen LogP contribution < -0.4 is 9.62 Å². The van der Waals surface area contributed by atoms with Crippen LogP contribution in [-0.4, -0.2) is 22.2 Å². The SMILES string of the molecule is Cc1ccc2c(c1)C1(CCCCC1)CN2C(=O)c1ccc(F)c(S(=O)NC(C)(C)C)c1. The number of amides is 1. The smallest absolute Gasteiger partial charge is 0.258 e. The van der Waals surface area contributed by atoms with E-state index >= 15 is 0 Å². The van der Waals surface area contributed by atoms with Crippen LogP contribution in [0.4, 0.5) is 10.1 Å². The van der Waals surface area contributed by atoms with Crippen molar-refractivity contribution in [2.75, 3.05) is 11.4 Å². The second-order valence-corrected chi connectivity index (χ2v) is 11.2. The monoisotopic (exact) mass is 442 g/mol. The second-order valence-electron chi connectivity index (χ2n) is 10.0. The number of halogens is 1. The molecule has 1 N–H and O–H groups in total. The van der Waals surface area contributed by atoms with Gasteiger partial charge in [-0.05, 0) is 70.4 Å². The van der Waals surface area contributed by atoms with Crippen molar-refractivity contribution >= 4 is 22.6 Å². The van der Waals surface area contributed by atoms with E-state index in [-0.39, 0.29) is 16.2 Å². The van der Waals surface area contributed by atoms with Crippen molar-refractivity contribution in [3.63, 3.8) is 0 Å². The van der Waals surface area contributed by atoms with Gasteiger partial charge in [0.05, 0.1) is 4.90 Å². The van der Waals surface area contributed by atoms with E-state index < -0.39 is 22.3 Å². The molecule has 4 nitrogen and oxygen atoms in total. The molecule has 1 atom stereocenters. The Labute approximate surface area is 186 Å². The summed E-state index contributed by atoms with van der Waals surface area (Å²) < 4.78 is 30.0. The Bertz CT molecular complexity index is 1040.